The van der Waals surface area contributed by atoms with Gasteiger partial charge in [0.1, 0.15) is 0 Å². The molecule has 3 nitrogen and oxygen atoms in total. The third kappa shape index (κ3) is 3.21. The van der Waals surface area contributed by atoms with Crippen molar-refractivity contribution in [1.82, 2.24) is 4.90 Å². The Labute approximate surface area is 106 Å². The summed E-state index contributed by atoms with van der Waals surface area (Å²) in [7, 11) is 1.84. The second-order valence-electron chi connectivity index (χ2n) is 5.92. The van der Waals surface area contributed by atoms with Crippen LogP contribution in [0.4, 0.5) is 0 Å². The van der Waals surface area contributed by atoms with Crippen molar-refractivity contribution in [3.8, 4) is 0 Å². The van der Waals surface area contributed by atoms with Crippen molar-refractivity contribution in [2.75, 3.05) is 20.2 Å². The number of nitrogens with zero attached hydrogens (tertiary/aromatic N) is 1. The average molecular weight is 240 g/mol. The van der Waals surface area contributed by atoms with Crippen LogP contribution in [0.15, 0.2) is 0 Å². The summed E-state index contributed by atoms with van der Waals surface area (Å²) < 4.78 is 5.45. The SMILES string of the molecule is COC1CCC(N2CCC(C)CC2CN)CC1. The first-order valence-corrected chi connectivity index (χ1v) is 7.23. The van der Waals surface area contributed by atoms with Crippen LogP contribution in [0.1, 0.15) is 45.4 Å². The molecule has 2 unspecified atom stereocenters. The lowest BCUT2D eigenvalue weighted by atomic mass is 9.86. The first-order chi connectivity index (χ1) is 8.24. The van der Waals surface area contributed by atoms with Crippen LogP contribution in [0.5, 0.6) is 0 Å². The van der Waals surface area contributed by atoms with Gasteiger partial charge in [-0.15, -0.1) is 0 Å². The van der Waals surface area contributed by atoms with Crippen molar-refractivity contribution in [2.45, 2.75) is 63.6 Å². The van der Waals surface area contributed by atoms with Crippen molar-refractivity contribution in [3.05, 3.63) is 0 Å². The van der Waals surface area contributed by atoms with Crippen LogP contribution < -0.4 is 5.73 Å². The van der Waals surface area contributed by atoms with Crippen LogP contribution in [0.3, 0.4) is 0 Å². The molecule has 2 N–H and O–H groups in total. The lowest BCUT2D eigenvalue weighted by molar-refractivity contribution is 0.0101. The van der Waals surface area contributed by atoms with E-state index in [2.05, 4.69) is 11.8 Å². The van der Waals surface area contributed by atoms with Gasteiger partial charge in [0.25, 0.3) is 0 Å². The fourth-order valence-electron chi connectivity index (χ4n) is 3.59. The van der Waals surface area contributed by atoms with Crippen LogP contribution in [0.2, 0.25) is 0 Å². The van der Waals surface area contributed by atoms with E-state index in [1.54, 1.807) is 0 Å². The van der Waals surface area contributed by atoms with Gasteiger partial charge >= 0.3 is 0 Å². The number of nitrogens with two attached hydrogens (primary N) is 1. The molecule has 2 rings (SSSR count). The second kappa shape index (κ2) is 6.17. The van der Waals surface area contributed by atoms with E-state index in [0.29, 0.717) is 12.1 Å². The molecule has 0 amide bonds. The van der Waals surface area contributed by atoms with Gasteiger partial charge in [-0.1, -0.05) is 6.92 Å². The van der Waals surface area contributed by atoms with Gasteiger partial charge in [0.2, 0.25) is 0 Å². The van der Waals surface area contributed by atoms with Gasteiger partial charge in [0.15, 0.2) is 0 Å². The van der Waals surface area contributed by atoms with Gasteiger partial charge in [-0.25, -0.2) is 0 Å². The molecule has 0 aromatic carbocycles. The van der Waals surface area contributed by atoms with Crippen LogP contribution in [0, 0.1) is 5.92 Å². The second-order valence-corrected chi connectivity index (χ2v) is 5.92. The third-order valence-electron chi connectivity index (χ3n) is 4.74. The first-order valence-electron chi connectivity index (χ1n) is 7.23. The van der Waals surface area contributed by atoms with Crippen LogP contribution in [0.25, 0.3) is 0 Å². The Bertz CT molecular complexity index is 226. The number of methoxy groups -OCH3 is 1. The van der Waals surface area contributed by atoms with Crippen LogP contribution in [-0.4, -0.2) is 43.3 Å². The van der Waals surface area contributed by atoms with Gasteiger partial charge in [0.05, 0.1) is 6.10 Å². The van der Waals surface area contributed by atoms with E-state index in [-0.39, 0.29) is 0 Å². The zero-order chi connectivity index (χ0) is 12.3. The molecule has 1 aliphatic carbocycles. The third-order valence-corrected chi connectivity index (χ3v) is 4.74. The number of hydrogen-bond acceptors (Lipinski definition) is 3. The van der Waals surface area contributed by atoms with Gasteiger partial charge in [0, 0.05) is 25.7 Å². The highest BCUT2D eigenvalue weighted by Crippen LogP contribution is 2.31. The molecule has 1 heterocycles. The molecule has 2 aliphatic rings. The lowest BCUT2D eigenvalue weighted by Gasteiger charge is -2.45. The summed E-state index contributed by atoms with van der Waals surface area (Å²) in [5.41, 5.74) is 5.95. The van der Waals surface area contributed by atoms with Crippen molar-refractivity contribution >= 4 is 0 Å². The Kier molecular flexibility index (Phi) is 4.83. The number of hydrogen-bond donors (Lipinski definition) is 1. The quantitative estimate of drug-likeness (QED) is 0.820. The van der Waals surface area contributed by atoms with E-state index in [4.69, 9.17) is 10.5 Å². The molecule has 2 fully saturated rings. The zero-order valence-corrected chi connectivity index (χ0v) is 11.4. The molecule has 3 heteroatoms. The topological polar surface area (TPSA) is 38.5 Å². The van der Waals surface area contributed by atoms with E-state index < -0.39 is 0 Å². The Morgan fingerprint density at radius 3 is 2.47 bits per heavy atom. The summed E-state index contributed by atoms with van der Waals surface area (Å²) in [4.78, 5) is 2.70. The molecule has 17 heavy (non-hydrogen) atoms. The normalized spacial score (nSPS) is 40.4. The van der Waals surface area contributed by atoms with E-state index >= 15 is 0 Å². The first kappa shape index (κ1) is 13.3. The van der Waals surface area contributed by atoms with Crippen molar-refractivity contribution in [1.29, 1.82) is 0 Å². The molecule has 0 radical (unpaired) electrons. The lowest BCUT2D eigenvalue weighted by Crippen LogP contribution is -2.52. The van der Waals surface area contributed by atoms with Crippen molar-refractivity contribution in [3.63, 3.8) is 0 Å². The Morgan fingerprint density at radius 2 is 1.88 bits per heavy atom. The molecule has 0 bridgehead atoms. The van der Waals surface area contributed by atoms with E-state index in [1.165, 1.54) is 45.1 Å². The van der Waals surface area contributed by atoms with E-state index in [1.807, 2.05) is 7.11 Å². The standard InChI is InChI=1S/C14H28N2O/c1-11-7-8-16(13(9-11)10-15)12-3-5-14(17-2)6-4-12/h11-14H,3-10,15H2,1-2H3. The van der Waals surface area contributed by atoms with E-state index in [0.717, 1.165) is 18.5 Å². The number of ether oxygens (including phenoxy) is 1. The predicted molar refractivity (Wildman–Crippen MR) is 71.0 cm³/mol. The molecule has 0 aromatic heterocycles. The Balaban J connectivity index is 1.88. The van der Waals surface area contributed by atoms with Crippen molar-refractivity contribution in [2.24, 2.45) is 11.7 Å². The smallest absolute Gasteiger partial charge is 0.0572 e. The van der Waals surface area contributed by atoms with Crippen LogP contribution >= 0.6 is 0 Å². The molecule has 1 saturated carbocycles. The minimum atomic E-state index is 0.506. The summed E-state index contributed by atoms with van der Waals surface area (Å²) >= 11 is 0. The predicted octanol–water partition coefficient (Wildman–Crippen LogP) is 2.00. The van der Waals surface area contributed by atoms with Crippen LogP contribution in [-0.2, 0) is 4.74 Å². The largest absolute Gasteiger partial charge is 0.381 e. The summed E-state index contributed by atoms with van der Waals surface area (Å²) in [6.45, 7) is 4.45. The Hall–Kier alpha value is -0.120. The number of likely N-dealkylation sites (tertiary alicyclic amines) is 1. The fourth-order valence-corrected chi connectivity index (χ4v) is 3.59. The number of rotatable bonds is 3. The van der Waals surface area contributed by atoms with Crippen molar-refractivity contribution < 1.29 is 4.74 Å². The van der Waals surface area contributed by atoms with Gasteiger partial charge in [-0.2, -0.15) is 0 Å². The van der Waals surface area contributed by atoms with Gasteiger partial charge in [-0.05, 0) is 51.0 Å². The maximum Gasteiger partial charge on any atom is 0.0572 e. The summed E-state index contributed by atoms with van der Waals surface area (Å²) in [5.74, 6) is 0.857. The minimum Gasteiger partial charge on any atom is -0.381 e. The molecular weight excluding hydrogens is 212 g/mol. The molecule has 2 atom stereocenters. The molecule has 0 spiro atoms. The molecule has 0 aromatic rings. The highest BCUT2D eigenvalue weighted by molar-refractivity contribution is 4.88. The zero-order valence-electron chi connectivity index (χ0n) is 11.4. The maximum atomic E-state index is 5.95. The maximum absolute atomic E-state index is 5.95. The molecule has 100 valence electrons. The molecule has 1 aliphatic heterocycles. The minimum absolute atomic E-state index is 0.506. The Morgan fingerprint density at radius 1 is 1.18 bits per heavy atom. The monoisotopic (exact) mass is 240 g/mol. The number of piperidine rings is 1. The average Bonchev–Trinajstić information content (AvgIpc) is 2.39. The van der Waals surface area contributed by atoms with E-state index in [9.17, 15) is 0 Å². The highest BCUT2D eigenvalue weighted by atomic mass is 16.5. The summed E-state index contributed by atoms with van der Waals surface area (Å²) in [5, 5.41) is 0. The molecule has 1 saturated heterocycles. The summed E-state index contributed by atoms with van der Waals surface area (Å²) in [6, 6.07) is 1.39. The van der Waals surface area contributed by atoms with Gasteiger partial charge < -0.3 is 10.5 Å². The summed E-state index contributed by atoms with van der Waals surface area (Å²) in [6.07, 6.45) is 8.19. The highest BCUT2D eigenvalue weighted by Gasteiger charge is 2.32. The molecular formula is C14H28N2O. The fraction of sp³-hybridized carbons (Fsp3) is 1.00. The van der Waals surface area contributed by atoms with Gasteiger partial charge in [-0.3, -0.25) is 4.90 Å².